The fraction of sp³-hybridized carbons (Fsp3) is 0.118. The molecule has 0 saturated carbocycles. The Morgan fingerprint density at radius 2 is 2.00 bits per heavy atom. The van der Waals surface area contributed by atoms with Crippen molar-refractivity contribution in [1.29, 1.82) is 0 Å². The smallest absolute Gasteiger partial charge is 0.216 e. The highest BCUT2D eigenvalue weighted by molar-refractivity contribution is 7.99. The number of pyridine rings is 1. The molecule has 4 aromatic heterocycles. The molecule has 0 aliphatic heterocycles. The zero-order chi connectivity index (χ0) is 18.1. The van der Waals surface area contributed by atoms with Crippen LogP contribution in [0.25, 0.3) is 22.1 Å². The minimum absolute atomic E-state index is 0.576. The number of thiophene rings is 1. The number of nitrogens with zero attached hydrogens (tertiary/aromatic N) is 6. The molecule has 0 amide bonds. The van der Waals surface area contributed by atoms with Gasteiger partial charge in [0, 0.05) is 29.2 Å². The van der Waals surface area contributed by atoms with Crippen molar-refractivity contribution in [3.8, 4) is 22.1 Å². The summed E-state index contributed by atoms with van der Waals surface area (Å²) in [6.07, 6.45) is 3.47. The highest BCUT2D eigenvalue weighted by Crippen LogP contribution is 2.32. The van der Waals surface area contributed by atoms with Crippen LogP contribution in [0.2, 0.25) is 0 Å². The summed E-state index contributed by atoms with van der Waals surface area (Å²) in [4.78, 5) is 14.4. The van der Waals surface area contributed by atoms with E-state index in [1.807, 2.05) is 43.5 Å². The molecular weight excluding hydrogens is 366 g/mol. The third-order valence-electron chi connectivity index (χ3n) is 3.86. The number of hydrogen-bond donors (Lipinski definition) is 1. The number of nitrogen functional groups attached to an aromatic ring is 1. The summed E-state index contributed by atoms with van der Waals surface area (Å²) < 4.78 is 1.50. The van der Waals surface area contributed by atoms with Crippen molar-refractivity contribution < 1.29 is 0 Å². The van der Waals surface area contributed by atoms with Crippen LogP contribution in [0.15, 0.2) is 52.2 Å². The lowest BCUT2D eigenvalue weighted by Gasteiger charge is -2.09. The van der Waals surface area contributed by atoms with E-state index in [1.165, 1.54) is 16.4 Å². The molecule has 0 aliphatic carbocycles. The summed E-state index contributed by atoms with van der Waals surface area (Å²) in [5.41, 5.74) is 2.76. The van der Waals surface area contributed by atoms with Crippen molar-refractivity contribution in [2.24, 2.45) is 0 Å². The van der Waals surface area contributed by atoms with Gasteiger partial charge in [0.2, 0.25) is 5.16 Å². The third kappa shape index (κ3) is 3.06. The highest BCUT2D eigenvalue weighted by atomic mass is 32.2. The van der Waals surface area contributed by atoms with Crippen LogP contribution >= 0.6 is 23.1 Å². The van der Waals surface area contributed by atoms with E-state index in [2.05, 4.69) is 25.1 Å². The predicted octanol–water partition coefficient (Wildman–Crippen LogP) is 3.34. The van der Waals surface area contributed by atoms with Gasteiger partial charge in [-0.3, -0.25) is 4.98 Å². The van der Waals surface area contributed by atoms with Crippen LogP contribution < -0.4 is 5.84 Å². The largest absolute Gasteiger partial charge is 0.335 e. The minimum Gasteiger partial charge on any atom is -0.335 e. The van der Waals surface area contributed by atoms with Crippen LogP contribution in [0, 0.1) is 13.8 Å². The minimum atomic E-state index is 0.576. The first kappa shape index (κ1) is 16.7. The molecule has 4 heterocycles. The lowest BCUT2D eigenvalue weighted by atomic mass is 10.2. The quantitative estimate of drug-likeness (QED) is 0.428. The average molecular weight is 381 g/mol. The second-order valence-electron chi connectivity index (χ2n) is 5.56. The SMILES string of the molecule is Cc1nc(-c2cccnc2)nc(Sc2nnc(-c3cccs3)n2N)c1C. The van der Waals surface area contributed by atoms with Gasteiger partial charge >= 0.3 is 0 Å². The van der Waals surface area contributed by atoms with Gasteiger partial charge in [0.15, 0.2) is 11.6 Å². The Bertz CT molecular complexity index is 1040. The van der Waals surface area contributed by atoms with Gasteiger partial charge in [-0.25, -0.2) is 14.6 Å². The Morgan fingerprint density at radius 3 is 2.73 bits per heavy atom. The van der Waals surface area contributed by atoms with Crippen molar-refractivity contribution in [3.63, 3.8) is 0 Å². The molecule has 0 aliphatic rings. The van der Waals surface area contributed by atoms with Gasteiger partial charge in [-0.15, -0.1) is 21.5 Å². The Labute approximate surface area is 158 Å². The lowest BCUT2D eigenvalue weighted by Crippen LogP contribution is -2.11. The number of nitrogens with two attached hydrogens (primary N) is 1. The van der Waals surface area contributed by atoms with Gasteiger partial charge in [-0.05, 0) is 49.2 Å². The molecule has 0 spiro atoms. The molecule has 0 atom stereocenters. The van der Waals surface area contributed by atoms with Crippen LogP contribution in [-0.4, -0.2) is 29.8 Å². The Kier molecular flexibility index (Phi) is 4.39. The molecule has 7 nitrogen and oxygen atoms in total. The topological polar surface area (TPSA) is 95.4 Å². The van der Waals surface area contributed by atoms with Crippen molar-refractivity contribution >= 4 is 23.1 Å². The van der Waals surface area contributed by atoms with Crippen LogP contribution in [0.1, 0.15) is 11.3 Å². The molecule has 0 radical (unpaired) electrons. The predicted molar refractivity (Wildman–Crippen MR) is 102 cm³/mol. The zero-order valence-electron chi connectivity index (χ0n) is 14.1. The van der Waals surface area contributed by atoms with E-state index >= 15 is 0 Å². The number of rotatable bonds is 4. The molecule has 0 bridgehead atoms. The second kappa shape index (κ2) is 6.85. The number of hydrogen-bond acceptors (Lipinski definition) is 8. The van der Waals surface area contributed by atoms with Gasteiger partial charge < -0.3 is 5.84 Å². The normalized spacial score (nSPS) is 11.0. The monoisotopic (exact) mass is 381 g/mol. The van der Waals surface area contributed by atoms with E-state index in [0.29, 0.717) is 16.8 Å². The highest BCUT2D eigenvalue weighted by Gasteiger charge is 2.17. The molecule has 9 heteroatoms. The standard InChI is InChI=1S/C17H15N7S2/c1-10-11(2)20-14(12-5-3-7-19-9-12)21-16(10)26-17-23-22-15(24(17)18)13-6-4-8-25-13/h3-9H,18H2,1-2H3. The van der Waals surface area contributed by atoms with Gasteiger partial charge in [0.05, 0.1) is 4.88 Å². The molecule has 4 aromatic rings. The van der Waals surface area contributed by atoms with Crippen LogP contribution in [0.3, 0.4) is 0 Å². The van der Waals surface area contributed by atoms with Crippen LogP contribution in [0.4, 0.5) is 0 Å². The average Bonchev–Trinajstić information content (AvgIpc) is 3.30. The van der Waals surface area contributed by atoms with E-state index in [9.17, 15) is 0 Å². The Hall–Kier alpha value is -2.78. The van der Waals surface area contributed by atoms with Crippen molar-refractivity contribution in [3.05, 3.63) is 53.3 Å². The summed E-state index contributed by atoms with van der Waals surface area (Å²) in [5, 5.41) is 11.8. The van der Waals surface area contributed by atoms with Crippen LogP contribution in [-0.2, 0) is 0 Å². The summed E-state index contributed by atoms with van der Waals surface area (Å²) in [6.45, 7) is 3.95. The molecule has 0 fully saturated rings. The second-order valence-corrected chi connectivity index (χ2v) is 7.46. The van der Waals surface area contributed by atoms with E-state index in [4.69, 9.17) is 5.84 Å². The zero-order valence-corrected chi connectivity index (χ0v) is 15.8. The fourth-order valence-corrected chi connectivity index (χ4v) is 3.91. The molecule has 0 saturated heterocycles. The van der Waals surface area contributed by atoms with Gasteiger partial charge in [0.1, 0.15) is 5.03 Å². The maximum absolute atomic E-state index is 6.20. The molecular formula is C17H15N7S2. The number of aryl methyl sites for hydroxylation is 1. The number of aromatic nitrogens is 6. The van der Waals surface area contributed by atoms with Crippen molar-refractivity contribution in [1.82, 2.24) is 29.8 Å². The Morgan fingerprint density at radius 1 is 1.12 bits per heavy atom. The Balaban J connectivity index is 1.72. The maximum Gasteiger partial charge on any atom is 0.216 e. The molecule has 0 aromatic carbocycles. The molecule has 2 N–H and O–H groups in total. The van der Waals surface area contributed by atoms with E-state index < -0.39 is 0 Å². The maximum atomic E-state index is 6.20. The summed E-state index contributed by atoms with van der Waals surface area (Å²) in [6, 6.07) is 7.73. The fourth-order valence-electron chi connectivity index (χ4n) is 2.33. The van der Waals surface area contributed by atoms with Crippen LogP contribution in [0.5, 0.6) is 0 Å². The first-order valence-electron chi connectivity index (χ1n) is 7.81. The van der Waals surface area contributed by atoms with E-state index in [0.717, 1.165) is 26.7 Å². The summed E-state index contributed by atoms with van der Waals surface area (Å²) in [5.74, 6) is 7.47. The molecule has 0 unspecified atom stereocenters. The van der Waals surface area contributed by atoms with E-state index in [1.54, 1.807) is 23.7 Å². The first-order valence-corrected chi connectivity index (χ1v) is 9.51. The molecule has 4 rings (SSSR count). The van der Waals surface area contributed by atoms with Gasteiger partial charge in [0.25, 0.3) is 0 Å². The van der Waals surface area contributed by atoms with Gasteiger partial charge in [-0.1, -0.05) is 6.07 Å². The summed E-state index contributed by atoms with van der Waals surface area (Å²) >= 11 is 2.95. The van der Waals surface area contributed by atoms with Gasteiger partial charge in [-0.2, -0.15) is 0 Å². The van der Waals surface area contributed by atoms with E-state index in [-0.39, 0.29) is 0 Å². The van der Waals surface area contributed by atoms with Crippen molar-refractivity contribution in [2.75, 3.05) is 5.84 Å². The first-order chi connectivity index (χ1) is 12.6. The summed E-state index contributed by atoms with van der Waals surface area (Å²) in [7, 11) is 0. The third-order valence-corrected chi connectivity index (χ3v) is 5.78. The lowest BCUT2D eigenvalue weighted by molar-refractivity contribution is 0.845. The van der Waals surface area contributed by atoms with Crippen molar-refractivity contribution in [2.45, 2.75) is 24.0 Å². The molecule has 26 heavy (non-hydrogen) atoms. The molecule has 130 valence electrons.